The van der Waals surface area contributed by atoms with E-state index in [4.69, 9.17) is 32.3 Å². The number of anilines is 1. The smallest absolute Gasteiger partial charge is 0.321 e. The molecule has 1 aliphatic heterocycles. The lowest BCUT2D eigenvalue weighted by Crippen LogP contribution is -2.48. The summed E-state index contributed by atoms with van der Waals surface area (Å²) in [7, 11) is -8.26. The van der Waals surface area contributed by atoms with Crippen molar-refractivity contribution in [1.29, 1.82) is 0 Å². The first-order valence-corrected chi connectivity index (χ1v) is 13.9. The zero-order valence-corrected chi connectivity index (χ0v) is 20.1. The van der Waals surface area contributed by atoms with Gasteiger partial charge in [0.15, 0.2) is 0 Å². The molecule has 0 fully saturated rings. The number of nitrogens with two attached hydrogens (primary N) is 2. The molecule has 15 heteroatoms. The fourth-order valence-corrected chi connectivity index (χ4v) is 6.29. The molecule has 0 bridgehead atoms. The van der Waals surface area contributed by atoms with Crippen LogP contribution >= 0.6 is 23.4 Å². The molecule has 2 atom stereocenters. The van der Waals surface area contributed by atoms with Gasteiger partial charge < -0.3 is 20.9 Å². The van der Waals surface area contributed by atoms with Crippen molar-refractivity contribution in [1.82, 2.24) is 4.72 Å². The Kier molecular flexibility index (Phi) is 7.78. The third-order valence-corrected chi connectivity index (χ3v) is 8.50. The van der Waals surface area contributed by atoms with Crippen LogP contribution in [-0.4, -0.2) is 52.5 Å². The molecule has 0 amide bonds. The highest BCUT2D eigenvalue weighted by Gasteiger charge is 2.32. The van der Waals surface area contributed by atoms with Gasteiger partial charge in [-0.1, -0.05) is 23.7 Å². The molecule has 3 rings (SSSR count). The first-order chi connectivity index (χ1) is 15.4. The molecule has 2 aromatic carbocycles. The van der Waals surface area contributed by atoms with Crippen molar-refractivity contribution in [2.45, 2.75) is 27.8 Å². The third kappa shape index (κ3) is 6.50. The van der Waals surface area contributed by atoms with Crippen LogP contribution in [0.15, 0.2) is 46.2 Å². The van der Waals surface area contributed by atoms with E-state index in [1.165, 1.54) is 17.8 Å². The largest absolute Gasteiger partial charge is 0.490 e. The minimum Gasteiger partial charge on any atom is -0.490 e. The van der Waals surface area contributed by atoms with Crippen LogP contribution in [0, 0.1) is 0 Å². The maximum Gasteiger partial charge on any atom is 0.321 e. The van der Waals surface area contributed by atoms with Crippen molar-refractivity contribution in [3.8, 4) is 5.75 Å². The molecule has 1 unspecified atom stereocenters. The summed E-state index contributed by atoms with van der Waals surface area (Å²) < 4.78 is 56.4. The molecule has 11 nitrogen and oxygen atoms in total. The fraction of sp³-hybridized carbons (Fsp3) is 0.278. The molecule has 33 heavy (non-hydrogen) atoms. The molecule has 0 radical (unpaired) electrons. The molecule has 1 aliphatic rings. The van der Waals surface area contributed by atoms with Crippen LogP contribution in [0.5, 0.6) is 5.75 Å². The SMILES string of the molecule is N[C@@H](CSCc1ccc(OCC2Nc3cc(Cl)c(S(N)(=O)=O)cc3S(=O)(=O)N2)cc1)C(=O)O. The van der Waals surface area contributed by atoms with Gasteiger partial charge in [0.2, 0.25) is 20.0 Å². The Morgan fingerprint density at radius 1 is 1.27 bits per heavy atom. The number of carbonyl (C=O) groups is 1. The minimum absolute atomic E-state index is 0.0746. The van der Waals surface area contributed by atoms with Crippen LogP contribution in [-0.2, 0) is 30.6 Å². The van der Waals surface area contributed by atoms with Gasteiger partial charge >= 0.3 is 5.97 Å². The second kappa shape index (κ2) is 10.0. The van der Waals surface area contributed by atoms with E-state index in [2.05, 4.69) is 10.0 Å². The van der Waals surface area contributed by atoms with Crippen molar-refractivity contribution >= 4 is 55.1 Å². The number of halogens is 1. The number of benzene rings is 2. The van der Waals surface area contributed by atoms with Gasteiger partial charge in [0.25, 0.3) is 0 Å². The predicted octanol–water partition coefficient (Wildman–Crippen LogP) is 0.741. The van der Waals surface area contributed by atoms with E-state index in [1.54, 1.807) is 24.3 Å². The number of fused-ring (bicyclic) bond motifs is 1. The van der Waals surface area contributed by atoms with Crippen LogP contribution in [0.4, 0.5) is 5.69 Å². The van der Waals surface area contributed by atoms with Crippen molar-refractivity contribution in [3.05, 3.63) is 47.0 Å². The average molecular weight is 537 g/mol. The number of ether oxygens (including phenoxy) is 1. The summed E-state index contributed by atoms with van der Waals surface area (Å²) in [5.41, 5.74) is 6.52. The Labute approximate surface area is 199 Å². The zero-order chi connectivity index (χ0) is 24.4. The van der Waals surface area contributed by atoms with E-state index in [-0.39, 0.29) is 28.0 Å². The number of primary sulfonamides is 1. The number of carboxylic acid groups (broad SMARTS) is 1. The van der Waals surface area contributed by atoms with E-state index in [9.17, 15) is 21.6 Å². The van der Waals surface area contributed by atoms with Gasteiger partial charge in [0, 0.05) is 11.5 Å². The molecule has 180 valence electrons. The number of aliphatic carboxylic acids is 1. The summed E-state index contributed by atoms with van der Waals surface area (Å²) in [6.45, 7) is -0.0746. The first-order valence-electron chi connectivity index (χ1n) is 9.30. The summed E-state index contributed by atoms with van der Waals surface area (Å²) >= 11 is 7.35. The Hall–Kier alpha value is -2.07. The van der Waals surface area contributed by atoms with E-state index in [0.717, 1.165) is 11.6 Å². The van der Waals surface area contributed by atoms with Crippen LogP contribution < -0.4 is 25.6 Å². The number of hydrogen-bond acceptors (Lipinski definition) is 9. The molecule has 0 spiro atoms. The van der Waals surface area contributed by atoms with Gasteiger partial charge in [-0.25, -0.2) is 22.0 Å². The Morgan fingerprint density at radius 2 is 1.94 bits per heavy atom. The summed E-state index contributed by atoms with van der Waals surface area (Å²) in [4.78, 5) is 9.94. The van der Waals surface area contributed by atoms with Crippen LogP contribution in [0.2, 0.25) is 5.02 Å². The van der Waals surface area contributed by atoms with Gasteiger partial charge in [-0.3, -0.25) is 4.79 Å². The van der Waals surface area contributed by atoms with Gasteiger partial charge in [0.1, 0.15) is 34.4 Å². The number of rotatable bonds is 9. The number of hydrogen-bond donors (Lipinski definition) is 5. The van der Waals surface area contributed by atoms with Crippen LogP contribution in [0.3, 0.4) is 0 Å². The normalized spacial score (nSPS) is 18.1. The van der Waals surface area contributed by atoms with Crippen LogP contribution in [0.25, 0.3) is 0 Å². The minimum atomic E-state index is -4.21. The summed E-state index contributed by atoms with van der Waals surface area (Å²) in [6, 6.07) is 8.18. The number of carboxylic acids is 1. The van der Waals surface area contributed by atoms with Crippen molar-refractivity contribution in [2.24, 2.45) is 10.9 Å². The zero-order valence-electron chi connectivity index (χ0n) is 16.9. The molecule has 1 heterocycles. The lowest BCUT2D eigenvalue weighted by atomic mass is 10.2. The highest BCUT2D eigenvalue weighted by Crippen LogP contribution is 2.33. The molecular weight excluding hydrogens is 516 g/mol. The quantitative estimate of drug-likeness (QED) is 0.305. The second-order valence-corrected chi connectivity index (χ2v) is 11.7. The topological polar surface area (TPSA) is 191 Å². The summed E-state index contributed by atoms with van der Waals surface area (Å²) in [6.07, 6.45) is -0.841. The molecule has 2 aromatic rings. The molecule has 0 aromatic heterocycles. The van der Waals surface area contributed by atoms with Crippen molar-refractivity contribution in [3.63, 3.8) is 0 Å². The summed E-state index contributed by atoms with van der Waals surface area (Å²) in [5.74, 6) is 0.294. The van der Waals surface area contributed by atoms with E-state index < -0.39 is 43.1 Å². The Bertz CT molecular complexity index is 1250. The standard InChI is InChI=1S/C18H21ClN4O7S3/c19-12-5-14-16(6-15(12)32(21,26)27)33(28,29)23-17(22-14)7-30-11-3-1-10(2-4-11)8-31-9-13(20)18(24)25/h1-6,13,17,22-23H,7-9,20H2,(H,24,25)(H2,21,26,27)/t13-,17?/m0/s1. The average Bonchev–Trinajstić information content (AvgIpc) is 2.71. The molecule has 0 saturated carbocycles. The molecule has 7 N–H and O–H groups in total. The first kappa shape index (κ1) is 25.6. The van der Waals surface area contributed by atoms with Gasteiger partial charge in [-0.15, -0.1) is 0 Å². The lowest BCUT2D eigenvalue weighted by molar-refractivity contribution is -0.137. The Morgan fingerprint density at radius 3 is 2.55 bits per heavy atom. The fourth-order valence-electron chi connectivity index (χ4n) is 2.87. The molecule has 0 aliphatic carbocycles. The van der Waals surface area contributed by atoms with E-state index >= 15 is 0 Å². The predicted molar refractivity (Wildman–Crippen MR) is 124 cm³/mol. The maximum atomic E-state index is 12.6. The number of nitrogens with one attached hydrogen (secondary N) is 2. The van der Waals surface area contributed by atoms with Crippen LogP contribution in [0.1, 0.15) is 5.56 Å². The van der Waals surface area contributed by atoms with Gasteiger partial charge in [-0.2, -0.15) is 16.5 Å². The number of thioether (sulfide) groups is 1. The highest BCUT2D eigenvalue weighted by molar-refractivity contribution is 7.98. The second-order valence-electron chi connectivity index (χ2n) is 7.06. The van der Waals surface area contributed by atoms with Crippen molar-refractivity contribution < 1.29 is 31.5 Å². The molecular formula is C18H21ClN4O7S3. The number of sulfonamides is 2. The molecule has 0 saturated heterocycles. The highest BCUT2D eigenvalue weighted by atomic mass is 35.5. The maximum absolute atomic E-state index is 12.6. The van der Waals surface area contributed by atoms with Gasteiger partial charge in [-0.05, 0) is 29.8 Å². The van der Waals surface area contributed by atoms with E-state index in [1.807, 2.05) is 0 Å². The monoisotopic (exact) mass is 536 g/mol. The third-order valence-electron chi connectivity index (χ3n) is 4.48. The van der Waals surface area contributed by atoms with Gasteiger partial charge in [0.05, 0.1) is 10.7 Å². The van der Waals surface area contributed by atoms with Crippen molar-refractivity contribution in [2.75, 3.05) is 17.7 Å². The lowest BCUT2D eigenvalue weighted by Gasteiger charge is -2.28. The van der Waals surface area contributed by atoms with E-state index in [0.29, 0.717) is 11.5 Å². The Balaban J connectivity index is 1.62. The summed E-state index contributed by atoms with van der Waals surface area (Å²) in [5, 5.41) is 16.6.